The number of aryl methyl sites for hydroxylation is 1. The molecule has 3 heterocycles. The first-order chi connectivity index (χ1) is 14.2. The molecule has 2 aliphatic heterocycles. The van der Waals surface area contributed by atoms with Crippen molar-refractivity contribution in [1.29, 1.82) is 0 Å². The molecule has 0 bridgehead atoms. The topological polar surface area (TPSA) is 54.9 Å². The highest BCUT2D eigenvalue weighted by Crippen LogP contribution is 2.33. The smallest absolute Gasteiger partial charge is 0.231 e. The van der Waals surface area contributed by atoms with Gasteiger partial charge in [-0.1, -0.05) is 30.4 Å². The Morgan fingerprint density at radius 2 is 1.83 bits per heavy atom. The second-order valence-electron chi connectivity index (χ2n) is 7.38. The summed E-state index contributed by atoms with van der Waals surface area (Å²) in [6, 6.07) is 12.2. The van der Waals surface area contributed by atoms with Crippen LogP contribution in [-0.2, 0) is 17.6 Å². The lowest BCUT2D eigenvalue weighted by Gasteiger charge is -2.34. The van der Waals surface area contributed by atoms with Crippen molar-refractivity contribution < 1.29 is 14.3 Å². The van der Waals surface area contributed by atoms with Gasteiger partial charge in [-0.25, -0.2) is 4.98 Å². The van der Waals surface area contributed by atoms with Crippen molar-refractivity contribution >= 4 is 32.6 Å². The van der Waals surface area contributed by atoms with Gasteiger partial charge in [0.15, 0.2) is 16.6 Å². The molecule has 29 heavy (non-hydrogen) atoms. The molecule has 0 radical (unpaired) electrons. The monoisotopic (exact) mass is 409 g/mol. The Balaban J connectivity index is 1.21. The molecule has 1 aromatic heterocycles. The predicted octanol–water partition coefficient (Wildman–Crippen LogP) is 3.48. The SMILES string of the molecule is CCc1ccc2nc(N3CCN(C(=O)Cc4ccc5c(c4)OCO5)CC3)sc2c1. The van der Waals surface area contributed by atoms with Gasteiger partial charge in [-0.15, -0.1) is 0 Å². The predicted molar refractivity (Wildman–Crippen MR) is 114 cm³/mol. The molecular formula is C22H23N3O3S. The van der Waals surface area contributed by atoms with Crippen LogP contribution in [0.1, 0.15) is 18.1 Å². The van der Waals surface area contributed by atoms with E-state index in [0.29, 0.717) is 6.42 Å². The molecule has 2 aliphatic rings. The first-order valence-corrected chi connectivity index (χ1v) is 10.8. The van der Waals surface area contributed by atoms with E-state index < -0.39 is 0 Å². The molecule has 0 unspecified atom stereocenters. The maximum atomic E-state index is 12.7. The zero-order valence-corrected chi connectivity index (χ0v) is 17.2. The number of hydrogen-bond acceptors (Lipinski definition) is 6. The fraction of sp³-hybridized carbons (Fsp3) is 0.364. The molecule has 150 valence electrons. The number of anilines is 1. The van der Waals surface area contributed by atoms with Crippen molar-refractivity contribution in [1.82, 2.24) is 9.88 Å². The van der Waals surface area contributed by atoms with Gasteiger partial charge < -0.3 is 19.3 Å². The Bertz CT molecular complexity index is 1060. The van der Waals surface area contributed by atoms with Crippen LogP contribution in [0.15, 0.2) is 36.4 Å². The summed E-state index contributed by atoms with van der Waals surface area (Å²) < 4.78 is 12.0. The summed E-state index contributed by atoms with van der Waals surface area (Å²) in [7, 11) is 0. The second kappa shape index (κ2) is 7.55. The molecule has 2 aromatic carbocycles. The lowest BCUT2D eigenvalue weighted by Crippen LogP contribution is -2.49. The fourth-order valence-corrected chi connectivity index (χ4v) is 4.88. The third kappa shape index (κ3) is 3.62. The van der Waals surface area contributed by atoms with Gasteiger partial charge in [0.2, 0.25) is 12.7 Å². The number of piperazine rings is 1. The maximum absolute atomic E-state index is 12.7. The molecule has 0 spiro atoms. The molecular weight excluding hydrogens is 386 g/mol. The number of ether oxygens (including phenoxy) is 2. The highest BCUT2D eigenvalue weighted by molar-refractivity contribution is 7.22. The van der Waals surface area contributed by atoms with E-state index in [1.807, 2.05) is 23.1 Å². The average molecular weight is 410 g/mol. The van der Waals surface area contributed by atoms with Gasteiger partial charge in [0.05, 0.1) is 16.6 Å². The number of hydrogen-bond donors (Lipinski definition) is 0. The van der Waals surface area contributed by atoms with Gasteiger partial charge in [-0.3, -0.25) is 4.79 Å². The van der Waals surface area contributed by atoms with Crippen molar-refractivity contribution in [3.8, 4) is 11.5 Å². The van der Waals surface area contributed by atoms with Crippen molar-refractivity contribution in [2.75, 3.05) is 37.9 Å². The number of thiazole rings is 1. The molecule has 6 nitrogen and oxygen atoms in total. The highest BCUT2D eigenvalue weighted by Gasteiger charge is 2.24. The van der Waals surface area contributed by atoms with Crippen LogP contribution in [-0.4, -0.2) is 48.8 Å². The van der Waals surface area contributed by atoms with Crippen LogP contribution in [0.2, 0.25) is 0 Å². The minimum atomic E-state index is 0.153. The van der Waals surface area contributed by atoms with E-state index in [0.717, 1.165) is 60.3 Å². The van der Waals surface area contributed by atoms with E-state index in [-0.39, 0.29) is 12.7 Å². The van der Waals surface area contributed by atoms with Gasteiger partial charge in [-0.2, -0.15) is 0 Å². The molecule has 3 aromatic rings. The van der Waals surface area contributed by atoms with Crippen molar-refractivity contribution in [3.63, 3.8) is 0 Å². The standard InChI is InChI=1S/C22H23N3O3S/c1-2-15-3-5-17-20(12-15)29-22(23-17)25-9-7-24(8-10-25)21(26)13-16-4-6-18-19(11-16)28-14-27-18/h3-6,11-12H,2,7-10,13-14H2,1H3. The highest BCUT2D eigenvalue weighted by atomic mass is 32.1. The Kier molecular flexibility index (Phi) is 4.75. The van der Waals surface area contributed by atoms with Crippen molar-refractivity contribution in [2.45, 2.75) is 19.8 Å². The minimum Gasteiger partial charge on any atom is -0.454 e. The largest absolute Gasteiger partial charge is 0.454 e. The van der Waals surface area contributed by atoms with E-state index in [2.05, 4.69) is 30.0 Å². The number of benzene rings is 2. The van der Waals surface area contributed by atoms with Gasteiger partial charge in [0.1, 0.15) is 0 Å². The summed E-state index contributed by atoms with van der Waals surface area (Å²) in [4.78, 5) is 21.8. The quantitative estimate of drug-likeness (QED) is 0.660. The molecule has 0 saturated carbocycles. The van der Waals surface area contributed by atoms with E-state index in [9.17, 15) is 4.79 Å². The van der Waals surface area contributed by atoms with E-state index in [1.54, 1.807) is 11.3 Å². The Labute approximate surface area is 173 Å². The molecule has 1 amide bonds. The number of amides is 1. The van der Waals surface area contributed by atoms with Gasteiger partial charge in [-0.05, 0) is 41.8 Å². The minimum absolute atomic E-state index is 0.153. The summed E-state index contributed by atoms with van der Waals surface area (Å²) in [5, 5.41) is 1.05. The third-order valence-corrected chi connectivity index (χ3v) is 6.62. The zero-order valence-electron chi connectivity index (χ0n) is 16.4. The van der Waals surface area contributed by atoms with Crippen LogP contribution < -0.4 is 14.4 Å². The van der Waals surface area contributed by atoms with Gasteiger partial charge in [0.25, 0.3) is 0 Å². The van der Waals surface area contributed by atoms with Crippen molar-refractivity contribution in [3.05, 3.63) is 47.5 Å². The number of aromatic nitrogens is 1. The van der Waals surface area contributed by atoms with E-state index >= 15 is 0 Å². The van der Waals surface area contributed by atoms with E-state index in [4.69, 9.17) is 14.5 Å². The second-order valence-corrected chi connectivity index (χ2v) is 8.39. The van der Waals surface area contributed by atoms with Crippen LogP contribution in [0.25, 0.3) is 10.2 Å². The number of carbonyl (C=O) groups is 1. The molecule has 0 aliphatic carbocycles. The number of nitrogens with zero attached hydrogens (tertiary/aromatic N) is 3. The normalized spacial score (nSPS) is 15.9. The van der Waals surface area contributed by atoms with Crippen LogP contribution in [0, 0.1) is 0 Å². The first-order valence-electron chi connectivity index (χ1n) is 10.0. The fourth-order valence-electron chi connectivity index (χ4n) is 3.80. The molecule has 5 rings (SSSR count). The summed E-state index contributed by atoms with van der Waals surface area (Å²) in [5.74, 6) is 1.62. The summed E-state index contributed by atoms with van der Waals surface area (Å²) >= 11 is 1.74. The molecule has 0 N–H and O–H groups in total. The van der Waals surface area contributed by atoms with Gasteiger partial charge in [0, 0.05) is 26.2 Å². The van der Waals surface area contributed by atoms with Crippen LogP contribution in [0.5, 0.6) is 11.5 Å². The zero-order chi connectivity index (χ0) is 19.8. The molecule has 1 saturated heterocycles. The summed E-state index contributed by atoms with van der Waals surface area (Å²) in [5.41, 5.74) is 3.36. The lowest BCUT2D eigenvalue weighted by molar-refractivity contribution is -0.130. The lowest BCUT2D eigenvalue weighted by atomic mass is 10.1. The van der Waals surface area contributed by atoms with Gasteiger partial charge >= 0.3 is 0 Å². The number of carbonyl (C=O) groups excluding carboxylic acids is 1. The Hall–Kier alpha value is -2.80. The third-order valence-electron chi connectivity index (χ3n) is 5.55. The maximum Gasteiger partial charge on any atom is 0.231 e. The average Bonchev–Trinajstić information content (AvgIpc) is 3.39. The first kappa shape index (κ1) is 18.2. The Morgan fingerprint density at radius 1 is 1.03 bits per heavy atom. The number of fused-ring (bicyclic) bond motifs is 2. The molecule has 1 fully saturated rings. The van der Waals surface area contributed by atoms with Crippen LogP contribution in [0.4, 0.5) is 5.13 Å². The Morgan fingerprint density at radius 3 is 2.66 bits per heavy atom. The van der Waals surface area contributed by atoms with E-state index in [1.165, 1.54) is 10.3 Å². The summed E-state index contributed by atoms with van der Waals surface area (Å²) in [6.45, 7) is 5.49. The molecule has 7 heteroatoms. The van der Waals surface area contributed by atoms with Crippen molar-refractivity contribution in [2.24, 2.45) is 0 Å². The van der Waals surface area contributed by atoms with Crippen LogP contribution in [0.3, 0.4) is 0 Å². The molecule has 0 atom stereocenters. The van der Waals surface area contributed by atoms with Crippen LogP contribution >= 0.6 is 11.3 Å². The summed E-state index contributed by atoms with van der Waals surface area (Å²) in [6.07, 6.45) is 1.42. The number of rotatable bonds is 4.